The fraction of sp³-hybridized carbons (Fsp3) is 0.0833. The fourth-order valence-electron chi connectivity index (χ4n) is 3.29. The van der Waals surface area contributed by atoms with E-state index in [1.54, 1.807) is 4.57 Å². The van der Waals surface area contributed by atoms with Gasteiger partial charge in [-0.1, -0.05) is 66.2 Å². The molecule has 0 unspecified atom stereocenters. The minimum Gasteiger partial charge on any atom is -0.268 e. The van der Waals surface area contributed by atoms with Crippen molar-refractivity contribution in [2.24, 2.45) is 0 Å². The molecule has 0 bridgehead atoms. The standard InChI is InChI=1S/C24H20N2O/c1-17-12-14-22(18(2)16-17)26-23(15-13-19-8-4-3-5-9-19)25-21-11-7-6-10-20(21)24(26)27/h3-16H,1-2H3/b15-13+. The largest absolute Gasteiger partial charge is 0.268 e. The lowest BCUT2D eigenvalue weighted by Gasteiger charge is -2.14. The Morgan fingerprint density at radius 1 is 0.852 bits per heavy atom. The van der Waals surface area contributed by atoms with Gasteiger partial charge in [-0.2, -0.15) is 0 Å². The van der Waals surface area contributed by atoms with Crippen LogP contribution in [0.25, 0.3) is 28.7 Å². The van der Waals surface area contributed by atoms with E-state index in [0.29, 0.717) is 16.7 Å². The summed E-state index contributed by atoms with van der Waals surface area (Å²) in [7, 11) is 0. The summed E-state index contributed by atoms with van der Waals surface area (Å²) < 4.78 is 1.70. The third kappa shape index (κ3) is 3.32. The van der Waals surface area contributed by atoms with Crippen molar-refractivity contribution < 1.29 is 0 Å². The van der Waals surface area contributed by atoms with Crippen LogP contribution in [0.2, 0.25) is 0 Å². The van der Waals surface area contributed by atoms with Gasteiger partial charge in [-0.3, -0.25) is 9.36 Å². The van der Waals surface area contributed by atoms with Crippen LogP contribution >= 0.6 is 0 Å². The summed E-state index contributed by atoms with van der Waals surface area (Å²) in [5, 5.41) is 0.620. The Labute approximate surface area is 158 Å². The molecule has 0 aliphatic heterocycles. The number of para-hydroxylation sites is 1. The minimum absolute atomic E-state index is 0.0553. The number of fused-ring (bicyclic) bond motifs is 1. The van der Waals surface area contributed by atoms with Gasteiger partial charge in [0, 0.05) is 0 Å². The first-order valence-electron chi connectivity index (χ1n) is 8.96. The van der Waals surface area contributed by atoms with Gasteiger partial charge in [0.1, 0.15) is 5.82 Å². The van der Waals surface area contributed by atoms with E-state index in [-0.39, 0.29) is 5.56 Å². The Kier molecular flexibility index (Phi) is 4.43. The molecule has 3 nitrogen and oxygen atoms in total. The molecule has 3 heteroatoms. The molecule has 3 aromatic carbocycles. The van der Waals surface area contributed by atoms with Crippen LogP contribution in [-0.4, -0.2) is 9.55 Å². The van der Waals surface area contributed by atoms with Crippen molar-refractivity contribution in [1.29, 1.82) is 0 Å². The van der Waals surface area contributed by atoms with Crippen LogP contribution in [0.4, 0.5) is 0 Å². The van der Waals surface area contributed by atoms with Crippen molar-refractivity contribution in [2.45, 2.75) is 13.8 Å². The summed E-state index contributed by atoms with van der Waals surface area (Å²) in [6.45, 7) is 4.07. The van der Waals surface area contributed by atoms with Crippen LogP contribution in [0.15, 0.2) is 77.6 Å². The van der Waals surface area contributed by atoms with Gasteiger partial charge < -0.3 is 0 Å². The first kappa shape index (κ1) is 17.0. The molecule has 4 aromatic rings. The molecule has 0 amide bonds. The molecule has 1 heterocycles. The molecule has 0 N–H and O–H groups in total. The highest BCUT2D eigenvalue weighted by Crippen LogP contribution is 2.19. The summed E-state index contributed by atoms with van der Waals surface area (Å²) >= 11 is 0. The highest BCUT2D eigenvalue weighted by molar-refractivity contribution is 5.80. The van der Waals surface area contributed by atoms with Crippen molar-refractivity contribution in [3.63, 3.8) is 0 Å². The van der Waals surface area contributed by atoms with Crippen LogP contribution in [0.5, 0.6) is 0 Å². The molecule has 27 heavy (non-hydrogen) atoms. The van der Waals surface area contributed by atoms with Crippen LogP contribution in [-0.2, 0) is 0 Å². The number of nitrogens with zero attached hydrogens (tertiary/aromatic N) is 2. The molecule has 0 aliphatic rings. The zero-order valence-electron chi connectivity index (χ0n) is 15.4. The summed E-state index contributed by atoms with van der Waals surface area (Å²) in [6.07, 6.45) is 3.89. The molecule has 0 saturated carbocycles. The van der Waals surface area contributed by atoms with Crippen molar-refractivity contribution in [3.05, 3.63) is 106 Å². The monoisotopic (exact) mass is 352 g/mol. The second-order valence-electron chi connectivity index (χ2n) is 6.66. The Morgan fingerprint density at radius 2 is 1.59 bits per heavy atom. The van der Waals surface area contributed by atoms with E-state index in [2.05, 4.69) is 13.0 Å². The maximum atomic E-state index is 13.3. The predicted molar refractivity (Wildman–Crippen MR) is 112 cm³/mol. The van der Waals surface area contributed by atoms with E-state index in [9.17, 15) is 4.79 Å². The third-order valence-corrected chi connectivity index (χ3v) is 4.62. The smallest absolute Gasteiger partial charge is 0.266 e. The quantitative estimate of drug-likeness (QED) is 0.510. The topological polar surface area (TPSA) is 34.9 Å². The molecular weight excluding hydrogens is 332 g/mol. The average Bonchev–Trinajstić information content (AvgIpc) is 2.68. The summed E-state index contributed by atoms with van der Waals surface area (Å²) in [6, 6.07) is 23.6. The molecule has 0 atom stereocenters. The molecule has 1 aromatic heterocycles. The van der Waals surface area contributed by atoms with Crippen molar-refractivity contribution in [2.75, 3.05) is 0 Å². The molecule has 0 saturated heterocycles. The summed E-state index contributed by atoms with van der Waals surface area (Å²) in [5.41, 5.74) is 4.78. The molecule has 0 spiro atoms. The van der Waals surface area contributed by atoms with E-state index < -0.39 is 0 Å². The van der Waals surface area contributed by atoms with Crippen molar-refractivity contribution in [3.8, 4) is 5.69 Å². The minimum atomic E-state index is -0.0553. The second kappa shape index (κ2) is 7.04. The van der Waals surface area contributed by atoms with Crippen LogP contribution in [0, 0.1) is 13.8 Å². The van der Waals surface area contributed by atoms with Gasteiger partial charge in [0.15, 0.2) is 0 Å². The number of rotatable bonds is 3. The molecular formula is C24H20N2O. The molecule has 0 aliphatic carbocycles. The molecule has 0 radical (unpaired) electrons. The van der Waals surface area contributed by atoms with Gasteiger partial charge in [-0.05, 0) is 49.2 Å². The Morgan fingerprint density at radius 3 is 2.37 bits per heavy atom. The van der Waals surface area contributed by atoms with Crippen LogP contribution in [0.3, 0.4) is 0 Å². The van der Waals surface area contributed by atoms with Gasteiger partial charge in [-0.25, -0.2) is 4.98 Å². The number of hydrogen-bond donors (Lipinski definition) is 0. The molecule has 4 rings (SSSR count). The SMILES string of the molecule is Cc1ccc(-n2c(/C=C/c3ccccc3)nc3ccccc3c2=O)c(C)c1. The lowest BCUT2D eigenvalue weighted by molar-refractivity contribution is 0.933. The first-order valence-corrected chi connectivity index (χ1v) is 8.96. The van der Waals surface area contributed by atoms with E-state index in [0.717, 1.165) is 16.8 Å². The zero-order valence-corrected chi connectivity index (χ0v) is 15.4. The summed E-state index contributed by atoms with van der Waals surface area (Å²) in [5.74, 6) is 0.620. The normalized spacial score (nSPS) is 11.3. The number of hydrogen-bond acceptors (Lipinski definition) is 2. The van der Waals surface area contributed by atoms with E-state index >= 15 is 0 Å². The average molecular weight is 352 g/mol. The lowest BCUT2D eigenvalue weighted by atomic mass is 10.1. The highest BCUT2D eigenvalue weighted by atomic mass is 16.1. The molecule has 0 fully saturated rings. The van der Waals surface area contributed by atoms with Gasteiger partial charge in [0.05, 0.1) is 16.6 Å². The maximum absolute atomic E-state index is 13.3. The van der Waals surface area contributed by atoms with E-state index in [1.165, 1.54) is 5.56 Å². The summed E-state index contributed by atoms with van der Waals surface area (Å²) in [4.78, 5) is 18.1. The van der Waals surface area contributed by atoms with Gasteiger partial charge in [0.2, 0.25) is 0 Å². The Balaban J connectivity index is 1.98. The van der Waals surface area contributed by atoms with E-state index in [1.807, 2.05) is 85.8 Å². The zero-order chi connectivity index (χ0) is 18.8. The first-order chi connectivity index (χ1) is 13.1. The van der Waals surface area contributed by atoms with Crippen molar-refractivity contribution in [1.82, 2.24) is 9.55 Å². The van der Waals surface area contributed by atoms with Crippen LogP contribution in [0.1, 0.15) is 22.5 Å². The van der Waals surface area contributed by atoms with Crippen molar-refractivity contribution >= 4 is 23.1 Å². The number of aryl methyl sites for hydroxylation is 2. The molecule has 132 valence electrons. The van der Waals surface area contributed by atoms with Gasteiger partial charge in [-0.15, -0.1) is 0 Å². The number of aromatic nitrogens is 2. The predicted octanol–water partition coefficient (Wildman–Crippen LogP) is 5.17. The maximum Gasteiger partial charge on any atom is 0.266 e. The van der Waals surface area contributed by atoms with Gasteiger partial charge >= 0.3 is 0 Å². The Bertz CT molecular complexity index is 1200. The van der Waals surface area contributed by atoms with E-state index in [4.69, 9.17) is 4.98 Å². The number of benzene rings is 3. The lowest BCUT2D eigenvalue weighted by Crippen LogP contribution is -2.23. The Hall–Kier alpha value is -3.46. The highest BCUT2D eigenvalue weighted by Gasteiger charge is 2.12. The fourth-order valence-corrected chi connectivity index (χ4v) is 3.29. The second-order valence-corrected chi connectivity index (χ2v) is 6.66. The van der Waals surface area contributed by atoms with Crippen LogP contribution < -0.4 is 5.56 Å². The third-order valence-electron chi connectivity index (χ3n) is 4.62. The van der Waals surface area contributed by atoms with Gasteiger partial charge in [0.25, 0.3) is 5.56 Å².